The summed E-state index contributed by atoms with van der Waals surface area (Å²) in [6.45, 7) is 0.328. The van der Waals surface area contributed by atoms with Gasteiger partial charge in [0.1, 0.15) is 5.75 Å². The summed E-state index contributed by atoms with van der Waals surface area (Å²) in [7, 11) is 1.59. The van der Waals surface area contributed by atoms with Crippen LogP contribution in [0.2, 0.25) is 0 Å². The molecule has 3 N–H and O–H groups in total. The van der Waals surface area contributed by atoms with Crippen molar-refractivity contribution in [1.29, 1.82) is 0 Å². The highest BCUT2D eigenvalue weighted by Gasteiger charge is 2.13. The van der Waals surface area contributed by atoms with Gasteiger partial charge in [-0.2, -0.15) is 10.2 Å². The molecule has 0 saturated carbocycles. The lowest BCUT2D eigenvalue weighted by Gasteiger charge is -2.12. The molecule has 9 nitrogen and oxygen atoms in total. The second-order valence-electron chi connectivity index (χ2n) is 7.34. The van der Waals surface area contributed by atoms with Crippen LogP contribution in [0.5, 0.6) is 5.75 Å². The van der Waals surface area contributed by atoms with Crippen molar-refractivity contribution in [3.05, 3.63) is 90.5 Å². The quantitative estimate of drug-likeness (QED) is 0.420. The van der Waals surface area contributed by atoms with E-state index >= 15 is 0 Å². The van der Waals surface area contributed by atoms with Crippen LogP contribution in [0.4, 0.5) is 5.69 Å². The Bertz CT molecular complexity index is 1440. The molecule has 5 aromatic rings. The average molecular weight is 439 g/mol. The predicted octanol–water partition coefficient (Wildman–Crippen LogP) is 3.30. The molecule has 0 aliphatic carbocycles. The van der Waals surface area contributed by atoms with Gasteiger partial charge in [0.2, 0.25) is 0 Å². The molecule has 164 valence electrons. The fourth-order valence-electron chi connectivity index (χ4n) is 3.59. The molecule has 0 aliphatic rings. The predicted molar refractivity (Wildman–Crippen MR) is 124 cm³/mol. The first kappa shape index (κ1) is 20.4. The van der Waals surface area contributed by atoms with Crippen LogP contribution in [0, 0.1) is 0 Å². The number of methoxy groups -OCH3 is 1. The molecular weight excluding hydrogens is 418 g/mol. The first-order chi connectivity index (χ1) is 16.2. The molecule has 9 heteroatoms. The zero-order valence-electron chi connectivity index (χ0n) is 17.8. The number of hydrogen-bond acceptors (Lipinski definition) is 6. The second-order valence-corrected chi connectivity index (χ2v) is 7.34. The number of carbonyl (C=O) groups is 1. The summed E-state index contributed by atoms with van der Waals surface area (Å²) in [6, 6.07) is 16.2. The highest BCUT2D eigenvalue weighted by molar-refractivity contribution is 6.04. The van der Waals surface area contributed by atoms with Gasteiger partial charge >= 0.3 is 0 Å². The van der Waals surface area contributed by atoms with Crippen molar-refractivity contribution in [2.45, 2.75) is 6.54 Å². The molecule has 3 aromatic heterocycles. The molecule has 0 bridgehead atoms. The van der Waals surface area contributed by atoms with Crippen molar-refractivity contribution in [2.75, 3.05) is 12.4 Å². The van der Waals surface area contributed by atoms with Gasteiger partial charge < -0.3 is 15.8 Å². The summed E-state index contributed by atoms with van der Waals surface area (Å²) >= 11 is 0. The molecule has 0 spiro atoms. The summed E-state index contributed by atoms with van der Waals surface area (Å²) in [6.07, 6.45) is 7.12. The van der Waals surface area contributed by atoms with Crippen molar-refractivity contribution in [2.24, 2.45) is 5.73 Å². The lowest BCUT2D eigenvalue weighted by molar-refractivity contribution is 0.102. The summed E-state index contributed by atoms with van der Waals surface area (Å²) in [5, 5.41) is 11.8. The van der Waals surface area contributed by atoms with Crippen LogP contribution >= 0.6 is 0 Å². The normalized spacial score (nSPS) is 11.0. The highest BCUT2D eigenvalue weighted by atomic mass is 16.5. The Morgan fingerprint density at radius 3 is 2.73 bits per heavy atom. The lowest BCUT2D eigenvalue weighted by Crippen LogP contribution is -2.13. The second kappa shape index (κ2) is 8.56. The molecule has 3 heterocycles. The summed E-state index contributed by atoms with van der Waals surface area (Å²) in [5.41, 5.74) is 11.2. The number of imidazole rings is 1. The molecular formula is C24H21N7O2. The number of nitrogens with zero attached hydrogens (tertiary/aromatic N) is 5. The van der Waals surface area contributed by atoms with E-state index in [0.29, 0.717) is 23.5 Å². The van der Waals surface area contributed by atoms with E-state index in [4.69, 9.17) is 10.5 Å². The summed E-state index contributed by atoms with van der Waals surface area (Å²) in [5.74, 6) is 0.471. The number of fused-ring (bicyclic) bond motifs is 1. The Morgan fingerprint density at radius 1 is 1.09 bits per heavy atom. The number of nitrogens with one attached hydrogen (secondary N) is 1. The van der Waals surface area contributed by atoms with Crippen molar-refractivity contribution >= 4 is 17.2 Å². The third-order valence-electron chi connectivity index (χ3n) is 5.32. The maximum Gasteiger partial charge on any atom is 0.255 e. The molecule has 0 saturated heterocycles. The fourth-order valence-corrected chi connectivity index (χ4v) is 3.59. The number of rotatable bonds is 6. The Morgan fingerprint density at radius 2 is 1.94 bits per heavy atom. The standard InChI is InChI=1S/C24H21N7O2/c1-33-20-8-5-16(6-9-20)24(32)29-19-7-4-17(12-25)21(11-19)30-15-18(13-28-30)22-14-26-23-3-2-10-27-31(22)23/h2-11,13-15H,12,25H2,1H3,(H,29,32). The maximum atomic E-state index is 12.7. The molecule has 0 fully saturated rings. The summed E-state index contributed by atoms with van der Waals surface area (Å²) < 4.78 is 8.65. The number of anilines is 1. The molecule has 0 atom stereocenters. The van der Waals surface area contributed by atoms with Crippen LogP contribution in [-0.2, 0) is 6.54 Å². The van der Waals surface area contributed by atoms with Crippen LogP contribution in [0.25, 0.3) is 22.6 Å². The summed E-state index contributed by atoms with van der Waals surface area (Å²) in [4.78, 5) is 17.1. The largest absolute Gasteiger partial charge is 0.497 e. The van der Waals surface area contributed by atoms with E-state index in [-0.39, 0.29) is 5.91 Å². The van der Waals surface area contributed by atoms with E-state index in [2.05, 4.69) is 20.5 Å². The van der Waals surface area contributed by atoms with E-state index in [0.717, 1.165) is 28.2 Å². The maximum absolute atomic E-state index is 12.7. The van der Waals surface area contributed by atoms with Crippen LogP contribution in [0.1, 0.15) is 15.9 Å². The minimum atomic E-state index is -0.220. The first-order valence-electron chi connectivity index (χ1n) is 10.3. The SMILES string of the molecule is COc1ccc(C(=O)Nc2ccc(CN)c(-n3cc(-c4cnc5cccnn45)cn3)c2)cc1. The third kappa shape index (κ3) is 3.92. The Labute approximate surface area is 189 Å². The van der Waals surface area contributed by atoms with Crippen molar-refractivity contribution in [3.8, 4) is 22.7 Å². The van der Waals surface area contributed by atoms with Gasteiger partial charge in [-0.25, -0.2) is 14.2 Å². The lowest BCUT2D eigenvalue weighted by atomic mass is 10.1. The Balaban J connectivity index is 1.45. The monoisotopic (exact) mass is 439 g/mol. The molecule has 0 unspecified atom stereocenters. The van der Waals surface area contributed by atoms with Gasteiger partial charge in [0, 0.05) is 35.8 Å². The van der Waals surface area contributed by atoms with Gasteiger partial charge in [-0.05, 0) is 54.1 Å². The van der Waals surface area contributed by atoms with Gasteiger partial charge in [-0.1, -0.05) is 6.07 Å². The van der Waals surface area contributed by atoms with Crippen molar-refractivity contribution in [3.63, 3.8) is 0 Å². The van der Waals surface area contributed by atoms with Gasteiger partial charge in [0.25, 0.3) is 5.91 Å². The first-order valence-corrected chi connectivity index (χ1v) is 10.3. The topological polar surface area (TPSA) is 112 Å². The Kier molecular flexibility index (Phi) is 5.29. The Hall–Kier alpha value is -4.50. The number of amides is 1. The van der Waals surface area contributed by atoms with Gasteiger partial charge in [-0.15, -0.1) is 0 Å². The number of carbonyl (C=O) groups excluding carboxylic acids is 1. The highest BCUT2D eigenvalue weighted by Crippen LogP contribution is 2.24. The fraction of sp³-hybridized carbons (Fsp3) is 0.0833. The van der Waals surface area contributed by atoms with Crippen LogP contribution in [-0.4, -0.2) is 37.4 Å². The zero-order valence-corrected chi connectivity index (χ0v) is 17.8. The van der Waals surface area contributed by atoms with Crippen LogP contribution in [0.3, 0.4) is 0 Å². The number of ether oxygens (including phenoxy) is 1. The van der Waals surface area contributed by atoms with E-state index in [1.54, 1.807) is 59.2 Å². The molecule has 0 aliphatic heterocycles. The number of benzene rings is 2. The van der Waals surface area contributed by atoms with Crippen molar-refractivity contribution < 1.29 is 9.53 Å². The van der Waals surface area contributed by atoms with Crippen molar-refractivity contribution in [1.82, 2.24) is 24.4 Å². The van der Waals surface area contributed by atoms with Gasteiger partial charge in [0.05, 0.1) is 30.9 Å². The zero-order chi connectivity index (χ0) is 22.8. The molecule has 0 radical (unpaired) electrons. The smallest absolute Gasteiger partial charge is 0.255 e. The van der Waals surface area contributed by atoms with Gasteiger partial charge in [-0.3, -0.25) is 4.79 Å². The van der Waals surface area contributed by atoms with E-state index < -0.39 is 0 Å². The number of aromatic nitrogens is 5. The minimum absolute atomic E-state index is 0.220. The molecule has 5 rings (SSSR count). The number of nitrogens with two attached hydrogens (primary N) is 1. The van der Waals surface area contributed by atoms with E-state index in [1.807, 2.05) is 36.5 Å². The molecule has 33 heavy (non-hydrogen) atoms. The van der Waals surface area contributed by atoms with E-state index in [9.17, 15) is 4.79 Å². The third-order valence-corrected chi connectivity index (χ3v) is 5.32. The van der Waals surface area contributed by atoms with Crippen LogP contribution < -0.4 is 15.8 Å². The molecule has 2 aromatic carbocycles. The molecule has 1 amide bonds. The van der Waals surface area contributed by atoms with Gasteiger partial charge in [0.15, 0.2) is 5.65 Å². The van der Waals surface area contributed by atoms with Crippen LogP contribution in [0.15, 0.2) is 79.4 Å². The van der Waals surface area contributed by atoms with E-state index in [1.165, 1.54) is 0 Å². The number of hydrogen-bond donors (Lipinski definition) is 2. The minimum Gasteiger partial charge on any atom is -0.497 e. The average Bonchev–Trinajstić information content (AvgIpc) is 3.51.